The first-order valence-electron chi connectivity index (χ1n) is 4.72. The smallest absolute Gasteiger partial charge is 0.330 e. The lowest BCUT2D eigenvalue weighted by atomic mass is 10.1. The van der Waals surface area contributed by atoms with Gasteiger partial charge in [-0.05, 0) is 25.1 Å². The number of nitriles is 1. The molecule has 0 aliphatic heterocycles. The summed E-state index contributed by atoms with van der Waals surface area (Å²) >= 11 is 0. The van der Waals surface area contributed by atoms with Gasteiger partial charge in [-0.15, -0.1) is 0 Å². The molecule has 16 heavy (non-hydrogen) atoms. The van der Waals surface area contributed by atoms with Gasteiger partial charge >= 0.3 is 5.97 Å². The van der Waals surface area contributed by atoms with Gasteiger partial charge in [0.1, 0.15) is 5.82 Å². The van der Waals surface area contributed by atoms with E-state index in [1.54, 1.807) is 6.92 Å². The van der Waals surface area contributed by atoms with Crippen LogP contribution in [0.15, 0.2) is 24.3 Å². The van der Waals surface area contributed by atoms with E-state index in [0.29, 0.717) is 0 Å². The summed E-state index contributed by atoms with van der Waals surface area (Å²) < 4.78 is 18.0. The number of hydrogen-bond donors (Lipinski definition) is 0. The zero-order valence-corrected chi connectivity index (χ0v) is 8.74. The number of benzene rings is 1. The van der Waals surface area contributed by atoms with E-state index in [1.807, 2.05) is 6.07 Å². The lowest BCUT2D eigenvalue weighted by Crippen LogP contribution is -1.98. The van der Waals surface area contributed by atoms with E-state index >= 15 is 0 Å². The molecule has 0 saturated carbocycles. The lowest BCUT2D eigenvalue weighted by molar-refractivity contribution is -0.137. The number of nitrogens with zero attached hydrogens (tertiary/aromatic N) is 1. The minimum absolute atomic E-state index is 0.241. The predicted molar refractivity (Wildman–Crippen MR) is 56.8 cm³/mol. The zero-order valence-electron chi connectivity index (χ0n) is 8.74. The maximum absolute atomic E-state index is 13.3. The fraction of sp³-hybridized carbons (Fsp3) is 0.167. The van der Waals surface area contributed by atoms with Crippen LogP contribution in [0.1, 0.15) is 18.1 Å². The molecule has 4 heteroatoms. The fourth-order valence-corrected chi connectivity index (χ4v) is 1.08. The second kappa shape index (κ2) is 5.66. The Bertz CT molecular complexity index is 461. The van der Waals surface area contributed by atoms with Crippen molar-refractivity contribution < 1.29 is 13.9 Å². The Morgan fingerprint density at radius 2 is 2.38 bits per heavy atom. The molecule has 1 aromatic carbocycles. The van der Waals surface area contributed by atoms with Crippen molar-refractivity contribution in [3.8, 4) is 6.07 Å². The van der Waals surface area contributed by atoms with Gasteiger partial charge in [-0.2, -0.15) is 5.26 Å². The molecule has 82 valence electrons. The number of rotatable bonds is 3. The highest BCUT2D eigenvalue weighted by Crippen LogP contribution is 2.11. The average molecular weight is 219 g/mol. The van der Waals surface area contributed by atoms with E-state index in [-0.39, 0.29) is 17.7 Å². The third-order valence-electron chi connectivity index (χ3n) is 1.82. The maximum Gasteiger partial charge on any atom is 0.330 e. The van der Waals surface area contributed by atoms with Crippen molar-refractivity contribution >= 4 is 12.0 Å². The topological polar surface area (TPSA) is 50.1 Å². The van der Waals surface area contributed by atoms with Crippen LogP contribution < -0.4 is 0 Å². The van der Waals surface area contributed by atoms with E-state index in [2.05, 4.69) is 4.74 Å². The average Bonchev–Trinajstić information content (AvgIpc) is 2.27. The summed E-state index contributed by atoms with van der Waals surface area (Å²) in [5.74, 6) is -1.06. The van der Waals surface area contributed by atoms with Crippen LogP contribution >= 0.6 is 0 Å². The standard InChI is InChI=1S/C12H10FNO2/c1-2-16-12(15)6-5-10-4-3-9(8-14)7-11(10)13/h3-7H,2H2,1H3. The van der Waals surface area contributed by atoms with E-state index < -0.39 is 11.8 Å². The molecular formula is C12H10FNO2. The van der Waals surface area contributed by atoms with E-state index in [0.717, 1.165) is 12.1 Å². The summed E-state index contributed by atoms with van der Waals surface area (Å²) in [5, 5.41) is 8.53. The molecule has 0 spiro atoms. The molecule has 0 bridgehead atoms. The first-order valence-corrected chi connectivity index (χ1v) is 4.72. The summed E-state index contributed by atoms with van der Waals surface area (Å²) in [6.45, 7) is 1.97. The second-order valence-corrected chi connectivity index (χ2v) is 2.93. The number of ether oxygens (including phenoxy) is 1. The molecule has 0 unspecified atom stereocenters. The molecule has 0 heterocycles. The summed E-state index contributed by atoms with van der Waals surface area (Å²) in [7, 11) is 0. The molecule has 0 aliphatic rings. The molecule has 1 aromatic rings. The van der Waals surface area contributed by atoms with Crippen molar-refractivity contribution in [2.45, 2.75) is 6.92 Å². The Morgan fingerprint density at radius 3 is 2.94 bits per heavy atom. The monoisotopic (exact) mass is 219 g/mol. The number of esters is 1. The van der Waals surface area contributed by atoms with Crippen LogP contribution in [0.25, 0.3) is 6.08 Å². The van der Waals surface area contributed by atoms with Gasteiger partial charge in [0.25, 0.3) is 0 Å². The van der Waals surface area contributed by atoms with Crippen molar-refractivity contribution in [2.75, 3.05) is 6.61 Å². The quantitative estimate of drug-likeness (QED) is 0.578. The number of carbonyl (C=O) groups excluding carboxylic acids is 1. The molecule has 0 N–H and O–H groups in total. The first-order chi connectivity index (χ1) is 7.67. The molecule has 0 amide bonds. The summed E-state index contributed by atoms with van der Waals surface area (Å²) in [5.41, 5.74) is 0.484. The number of halogens is 1. The van der Waals surface area contributed by atoms with Crippen LogP contribution in [0.3, 0.4) is 0 Å². The van der Waals surface area contributed by atoms with E-state index in [4.69, 9.17) is 5.26 Å². The Hall–Kier alpha value is -2.15. The number of carbonyl (C=O) groups is 1. The highest BCUT2D eigenvalue weighted by Gasteiger charge is 2.01. The van der Waals surface area contributed by atoms with Crippen molar-refractivity contribution in [1.29, 1.82) is 5.26 Å². The lowest BCUT2D eigenvalue weighted by Gasteiger charge is -1.97. The first kappa shape index (κ1) is 11.9. The Morgan fingerprint density at radius 1 is 1.62 bits per heavy atom. The van der Waals surface area contributed by atoms with Gasteiger partial charge in [-0.1, -0.05) is 6.07 Å². The summed E-state index contributed by atoms with van der Waals surface area (Å²) in [6.07, 6.45) is 2.46. The maximum atomic E-state index is 13.3. The molecule has 0 aliphatic carbocycles. The van der Waals surface area contributed by atoms with Crippen LogP contribution in [-0.4, -0.2) is 12.6 Å². The van der Waals surface area contributed by atoms with Gasteiger partial charge in [0.2, 0.25) is 0 Å². The Labute approximate surface area is 92.8 Å². The van der Waals surface area contributed by atoms with Crippen LogP contribution in [0, 0.1) is 17.1 Å². The summed E-state index contributed by atoms with van der Waals surface area (Å²) in [4.78, 5) is 11.0. The van der Waals surface area contributed by atoms with Gasteiger partial charge in [0.05, 0.1) is 18.2 Å². The van der Waals surface area contributed by atoms with Crippen LogP contribution in [0.2, 0.25) is 0 Å². The molecule has 1 rings (SSSR count). The molecule has 0 atom stereocenters. The Kier molecular flexibility index (Phi) is 4.22. The third kappa shape index (κ3) is 3.21. The number of hydrogen-bond acceptors (Lipinski definition) is 3. The van der Waals surface area contributed by atoms with Crippen LogP contribution in [0.5, 0.6) is 0 Å². The largest absolute Gasteiger partial charge is 0.463 e. The highest BCUT2D eigenvalue weighted by atomic mass is 19.1. The Balaban J connectivity index is 2.83. The second-order valence-electron chi connectivity index (χ2n) is 2.93. The minimum Gasteiger partial charge on any atom is -0.463 e. The van der Waals surface area contributed by atoms with Crippen molar-refractivity contribution in [2.24, 2.45) is 0 Å². The fourth-order valence-electron chi connectivity index (χ4n) is 1.08. The summed E-state index contributed by atoms with van der Waals surface area (Å²) in [6, 6.07) is 5.85. The molecule has 0 aromatic heterocycles. The van der Waals surface area contributed by atoms with Crippen LogP contribution in [0.4, 0.5) is 4.39 Å². The molecule has 0 saturated heterocycles. The van der Waals surface area contributed by atoms with Gasteiger partial charge < -0.3 is 4.74 Å². The van der Waals surface area contributed by atoms with Crippen LogP contribution in [-0.2, 0) is 9.53 Å². The van der Waals surface area contributed by atoms with Gasteiger partial charge in [0, 0.05) is 11.6 Å². The molecular weight excluding hydrogens is 209 g/mol. The molecule has 0 radical (unpaired) electrons. The normalized spacial score (nSPS) is 10.1. The van der Waals surface area contributed by atoms with Gasteiger partial charge in [-0.3, -0.25) is 0 Å². The van der Waals surface area contributed by atoms with Crippen molar-refractivity contribution in [3.05, 3.63) is 41.2 Å². The molecule has 0 fully saturated rings. The van der Waals surface area contributed by atoms with Gasteiger partial charge in [-0.25, -0.2) is 9.18 Å². The SMILES string of the molecule is CCOC(=O)C=Cc1ccc(C#N)cc1F. The zero-order chi connectivity index (χ0) is 12.0. The van der Waals surface area contributed by atoms with E-state index in [1.165, 1.54) is 18.2 Å². The predicted octanol–water partition coefficient (Wildman–Crippen LogP) is 2.27. The highest BCUT2D eigenvalue weighted by molar-refractivity contribution is 5.87. The van der Waals surface area contributed by atoms with Crippen molar-refractivity contribution in [3.63, 3.8) is 0 Å². The third-order valence-corrected chi connectivity index (χ3v) is 1.82. The minimum atomic E-state index is -0.542. The molecule has 3 nitrogen and oxygen atoms in total. The van der Waals surface area contributed by atoms with Gasteiger partial charge in [0.15, 0.2) is 0 Å². The van der Waals surface area contributed by atoms with Crippen molar-refractivity contribution in [1.82, 2.24) is 0 Å². The van der Waals surface area contributed by atoms with E-state index in [9.17, 15) is 9.18 Å².